The second kappa shape index (κ2) is 5.96. The maximum atomic E-state index is 12.4. The Balaban J connectivity index is 1.71. The monoisotopic (exact) mass is 317 g/mol. The van der Waals surface area contributed by atoms with Crippen LogP contribution in [-0.2, 0) is 0 Å². The third-order valence-corrected chi connectivity index (χ3v) is 3.93. The average molecular weight is 317 g/mol. The average Bonchev–Trinajstić information content (AvgIpc) is 3.31. The molecule has 3 rings (SSSR count). The van der Waals surface area contributed by atoms with Crippen molar-refractivity contribution in [3.8, 4) is 11.5 Å². The van der Waals surface area contributed by atoms with E-state index in [-0.39, 0.29) is 6.04 Å². The zero-order valence-electron chi connectivity index (χ0n) is 11.9. The Labute approximate surface area is 126 Å². The van der Waals surface area contributed by atoms with Gasteiger partial charge in [-0.05, 0) is 36.5 Å². The van der Waals surface area contributed by atoms with Crippen LogP contribution in [-0.4, -0.2) is 37.1 Å². The summed E-state index contributed by atoms with van der Waals surface area (Å²) in [5.41, 5.74) is 0.862. The summed E-state index contributed by atoms with van der Waals surface area (Å²) in [6.45, 7) is 0.443. The fourth-order valence-corrected chi connectivity index (χ4v) is 2.59. The first-order valence-electron chi connectivity index (χ1n) is 7.33. The summed E-state index contributed by atoms with van der Waals surface area (Å²) in [7, 11) is 0. The Morgan fingerprint density at radius 3 is 2.50 bits per heavy atom. The van der Waals surface area contributed by atoms with E-state index in [1.54, 1.807) is 6.07 Å². The Morgan fingerprint density at radius 1 is 1.18 bits per heavy atom. The summed E-state index contributed by atoms with van der Waals surface area (Å²) in [5, 5.41) is 12.0. The van der Waals surface area contributed by atoms with Gasteiger partial charge in [-0.1, -0.05) is 6.07 Å². The molecule has 1 aromatic rings. The molecule has 1 aromatic carbocycles. The van der Waals surface area contributed by atoms with Gasteiger partial charge in [0.15, 0.2) is 17.6 Å². The molecular weight excluding hydrogens is 299 g/mol. The van der Waals surface area contributed by atoms with Gasteiger partial charge in [-0.3, -0.25) is 0 Å². The van der Waals surface area contributed by atoms with Crippen LogP contribution in [0.2, 0.25) is 0 Å². The summed E-state index contributed by atoms with van der Waals surface area (Å²) in [6.07, 6.45) is -5.03. The van der Waals surface area contributed by atoms with Crippen LogP contribution >= 0.6 is 0 Å². The van der Waals surface area contributed by atoms with Crippen LogP contribution in [0.3, 0.4) is 0 Å². The first-order valence-corrected chi connectivity index (χ1v) is 7.33. The molecule has 0 aromatic heterocycles. The molecule has 1 saturated carbocycles. The van der Waals surface area contributed by atoms with Crippen molar-refractivity contribution < 1.29 is 27.8 Å². The lowest BCUT2D eigenvalue weighted by Gasteiger charge is -2.24. The van der Waals surface area contributed by atoms with Crippen molar-refractivity contribution >= 4 is 0 Å². The molecule has 2 N–H and O–H groups in total. The predicted molar refractivity (Wildman–Crippen MR) is 73.0 cm³/mol. The molecule has 0 amide bonds. The molecule has 122 valence electrons. The summed E-state index contributed by atoms with van der Waals surface area (Å²) >= 11 is 0. The van der Waals surface area contributed by atoms with Crippen LogP contribution in [0, 0.1) is 5.92 Å². The van der Waals surface area contributed by atoms with E-state index < -0.39 is 18.8 Å². The van der Waals surface area contributed by atoms with E-state index in [1.807, 2.05) is 12.1 Å². The van der Waals surface area contributed by atoms with Gasteiger partial charge in [0.05, 0.1) is 0 Å². The van der Waals surface area contributed by atoms with Gasteiger partial charge in [0, 0.05) is 12.6 Å². The van der Waals surface area contributed by atoms with E-state index in [9.17, 15) is 13.2 Å². The van der Waals surface area contributed by atoms with E-state index in [0.29, 0.717) is 30.6 Å². The van der Waals surface area contributed by atoms with E-state index in [1.165, 1.54) is 0 Å². The minimum atomic E-state index is -4.60. The van der Waals surface area contributed by atoms with E-state index >= 15 is 0 Å². The second-order valence-corrected chi connectivity index (χ2v) is 5.68. The number of aliphatic hydroxyl groups excluding tert-OH is 1. The maximum Gasteiger partial charge on any atom is 0.415 e. The molecule has 1 aliphatic heterocycles. The molecule has 0 spiro atoms. The Bertz CT molecular complexity index is 531. The lowest BCUT2D eigenvalue weighted by atomic mass is 10.0. The number of alkyl halides is 3. The smallest absolute Gasteiger partial charge is 0.415 e. The van der Waals surface area contributed by atoms with Crippen LogP contribution in [0.1, 0.15) is 24.4 Å². The van der Waals surface area contributed by atoms with E-state index in [4.69, 9.17) is 14.6 Å². The molecule has 0 bridgehead atoms. The zero-order valence-corrected chi connectivity index (χ0v) is 11.9. The highest BCUT2D eigenvalue weighted by Crippen LogP contribution is 2.43. The Morgan fingerprint density at radius 2 is 1.86 bits per heavy atom. The van der Waals surface area contributed by atoms with Gasteiger partial charge in [-0.2, -0.15) is 13.2 Å². The third kappa shape index (κ3) is 3.47. The largest absolute Gasteiger partial charge is 0.486 e. The lowest BCUT2D eigenvalue weighted by Crippen LogP contribution is -2.40. The van der Waals surface area contributed by atoms with Crippen molar-refractivity contribution in [2.24, 2.45) is 5.92 Å². The first-order chi connectivity index (χ1) is 10.4. The minimum Gasteiger partial charge on any atom is -0.486 e. The van der Waals surface area contributed by atoms with Crippen LogP contribution in [0.4, 0.5) is 13.2 Å². The minimum absolute atomic E-state index is 0.215. The third-order valence-electron chi connectivity index (χ3n) is 3.93. The number of rotatable bonds is 5. The number of benzene rings is 1. The van der Waals surface area contributed by atoms with Crippen molar-refractivity contribution in [3.05, 3.63) is 23.8 Å². The maximum absolute atomic E-state index is 12.4. The molecule has 22 heavy (non-hydrogen) atoms. The molecule has 4 nitrogen and oxygen atoms in total. The highest BCUT2D eigenvalue weighted by molar-refractivity contribution is 5.45. The standard InChI is InChI=1S/C15H18F3NO3/c16-15(17,18)13(20)8-19-14(9-1-2-9)10-3-4-11-12(7-10)22-6-5-21-11/h3-4,7,9,13-14,19-20H,1-2,5-6,8H2/t13-,14+/m1/s1. The summed E-state index contributed by atoms with van der Waals surface area (Å²) in [4.78, 5) is 0. The van der Waals surface area contributed by atoms with Crippen molar-refractivity contribution in [2.75, 3.05) is 19.8 Å². The van der Waals surface area contributed by atoms with Gasteiger partial charge < -0.3 is 19.9 Å². The Hall–Kier alpha value is -1.47. The first kappa shape index (κ1) is 15.4. The molecule has 0 saturated heterocycles. The number of halogens is 3. The van der Waals surface area contributed by atoms with Crippen LogP contribution in [0.15, 0.2) is 18.2 Å². The molecule has 2 aliphatic rings. The van der Waals surface area contributed by atoms with Crippen molar-refractivity contribution in [1.29, 1.82) is 0 Å². The SMILES string of the molecule is O[C@H](CN[C@H](c1ccc2c(c1)OCCO2)C1CC1)C(F)(F)F. The van der Waals surface area contributed by atoms with Gasteiger partial charge in [-0.25, -0.2) is 0 Å². The molecule has 2 atom stereocenters. The van der Waals surface area contributed by atoms with E-state index in [0.717, 1.165) is 18.4 Å². The molecule has 7 heteroatoms. The lowest BCUT2D eigenvalue weighted by molar-refractivity contribution is -0.202. The number of hydrogen-bond donors (Lipinski definition) is 2. The molecule has 1 aliphatic carbocycles. The van der Waals surface area contributed by atoms with Crippen LogP contribution < -0.4 is 14.8 Å². The molecule has 0 unspecified atom stereocenters. The number of aliphatic hydroxyl groups is 1. The Kier molecular flexibility index (Phi) is 4.18. The number of ether oxygens (including phenoxy) is 2. The highest BCUT2D eigenvalue weighted by Gasteiger charge is 2.40. The number of hydrogen-bond acceptors (Lipinski definition) is 4. The van der Waals surface area contributed by atoms with Gasteiger partial charge in [0.25, 0.3) is 0 Å². The van der Waals surface area contributed by atoms with Gasteiger partial charge in [0.1, 0.15) is 13.2 Å². The van der Waals surface area contributed by atoms with Crippen LogP contribution in [0.5, 0.6) is 11.5 Å². The van der Waals surface area contributed by atoms with Gasteiger partial charge in [0.2, 0.25) is 0 Å². The van der Waals surface area contributed by atoms with Crippen LogP contribution in [0.25, 0.3) is 0 Å². The topological polar surface area (TPSA) is 50.7 Å². The molecular formula is C15H18F3NO3. The number of fused-ring (bicyclic) bond motifs is 1. The van der Waals surface area contributed by atoms with Crippen molar-refractivity contribution in [1.82, 2.24) is 5.32 Å². The van der Waals surface area contributed by atoms with Gasteiger partial charge in [-0.15, -0.1) is 0 Å². The van der Waals surface area contributed by atoms with E-state index in [2.05, 4.69) is 5.32 Å². The number of nitrogens with one attached hydrogen (secondary N) is 1. The summed E-state index contributed by atoms with van der Waals surface area (Å²) < 4.78 is 48.2. The van der Waals surface area contributed by atoms with Gasteiger partial charge >= 0.3 is 6.18 Å². The fourth-order valence-electron chi connectivity index (χ4n) is 2.59. The molecule has 0 radical (unpaired) electrons. The molecule has 1 fully saturated rings. The highest BCUT2D eigenvalue weighted by atomic mass is 19.4. The second-order valence-electron chi connectivity index (χ2n) is 5.68. The normalized spacial score (nSPS) is 20.5. The zero-order chi connectivity index (χ0) is 15.7. The summed E-state index contributed by atoms with van der Waals surface area (Å²) in [5.74, 6) is 1.57. The molecule has 1 heterocycles. The quantitative estimate of drug-likeness (QED) is 0.876. The fraction of sp³-hybridized carbons (Fsp3) is 0.600. The van der Waals surface area contributed by atoms with Crippen molar-refractivity contribution in [3.63, 3.8) is 0 Å². The predicted octanol–water partition coefficient (Wildman–Crippen LogP) is 2.42. The van der Waals surface area contributed by atoms with Crippen molar-refractivity contribution in [2.45, 2.75) is 31.2 Å². The summed E-state index contributed by atoms with van der Waals surface area (Å²) in [6, 6.07) is 5.21.